The van der Waals surface area contributed by atoms with E-state index in [1.807, 2.05) is 18.2 Å². The van der Waals surface area contributed by atoms with Gasteiger partial charge in [0.15, 0.2) is 0 Å². The maximum atomic E-state index is 9.49. The Morgan fingerprint density at radius 2 is 2.25 bits per heavy atom. The predicted molar refractivity (Wildman–Crippen MR) is 96.7 cm³/mol. The third kappa shape index (κ3) is 2.84. The van der Waals surface area contributed by atoms with Gasteiger partial charge in [-0.05, 0) is 35.7 Å². The molecule has 1 aliphatic rings. The molecule has 0 bridgehead atoms. The Kier molecular flexibility index (Phi) is 4.11. The van der Waals surface area contributed by atoms with Crippen molar-refractivity contribution in [2.45, 2.75) is 6.10 Å². The third-order valence-electron chi connectivity index (χ3n) is 4.13. The molecule has 0 saturated carbocycles. The summed E-state index contributed by atoms with van der Waals surface area (Å²) in [6.07, 6.45) is 0.0481. The number of morpholine rings is 1. The van der Waals surface area contributed by atoms with Crippen LogP contribution in [0.25, 0.3) is 10.9 Å². The molecule has 4 nitrogen and oxygen atoms in total. The number of hydrogen-bond acceptors (Lipinski definition) is 5. The van der Waals surface area contributed by atoms with E-state index in [0.29, 0.717) is 17.2 Å². The van der Waals surface area contributed by atoms with E-state index in [0.717, 1.165) is 29.8 Å². The molecule has 3 aromatic rings. The third-order valence-corrected chi connectivity index (χ3v) is 5.33. The fourth-order valence-electron chi connectivity index (χ4n) is 2.94. The highest BCUT2D eigenvalue weighted by atomic mass is 35.5. The molecule has 120 valence electrons. The van der Waals surface area contributed by atoms with E-state index in [4.69, 9.17) is 21.3 Å². The average Bonchev–Trinajstić information content (AvgIpc) is 3.15. The summed E-state index contributed by atoms with van der Waals surface area (Å²) in [6.45, 7) is 2.14. The van der Waals surface area contributed by atoms with Crippen molar-refractivity contribution in [2.24, 2.45) is 0 Å². The highest BCUT2D eigenvalue weighted by molar-refractivity contribution is 7.10. The summed E-state index contributed by atoms with van der Waals surface area (Å²) in [5.41, 5.74) is 1.38. The lowest BCUT2D eigenvalue weighted by Crippen LogP contribution is -2.38. The second kappa shape index (κ2) is 6.40. The van der Waals surface area contributed by atoms with Crippen LogP contribution in [0.2, 0.25) is 5.02 Å². The molecule has 1 aliphatic heterocycles. The fourth-order valence-corrected chi connectivity index (χ4v) is 3.88. The second-order valence-corrected chi connectivity index (χ2v) is 7.04. The van der Waals surface area contributed by atoms with Crippen LogP contribution in [0.4, 0.5) is 5.82 Å². The summed E-state index contributed by atoms with van der Waals surface area (Å²) in [7, 11) is 0. The van der Waals surface area contributed by atoms with Gasteiger partial charge in [0.1, 0.15) is 11.9 Å². The number of fused-ring (bicyclic) bond motifs is 1. The summed E-state index contributed by atoms with van der Waals surface area (Å²) < 4.78 is 5.89. The molecule has 0 aliphatic carbocycles. The van der Waals surface area contributed by atoms with Gasteiger partial charge in [0.25, 0.3) is 0 Å². The first-order chi connectivity index (χ1) is 11.7. The lowest BCUT2D eigenvalue weighted by atomic mass is 10.1. The van der Waals surface area contributed by atoms with Crippen molar-refractivity contribution in [3.05, 3.63) is 57.2 Å². The minimum atomic E-state index is 0.0481. The highest BCUT2D eigenvalue weighted by Crippen LogP contribution is 2.30. The predicted octanol–water partition coefficient (Wildman–Crippen LogP) is 4.40. The van der Waals surface area contributed by atoms with Gasteiger partial charge in [0, 0.05) is 21.8 Å². The first kappa shape index (κ1) is 15.4. The van der Waals surface area contributed by atoms with Crippen LogP contribution in [0, 0.1) is 11.3 Å². The molecule has 3 heterocycles. The first-order valence-electron chi connectivity index (χ1n) is 7.65. The van der Waals surface area contributed by atoms with Crippen LogP contribution in [0.15, 0.2) is 41.8 Å². The van der Waals surface area contributed by atoms with E-state index in [1.54, 1.807) is 23.5 Å². The summed E-state index contributed by atoms with van der Waals surface area (Å²) in [5.74, 6) is 0.811. The van der Waals surface area contributed by atoms with Crippen molar-refractivity contribution in [1.82, 2.24) is 4.98 Å². The number of anilines is 1. The maximum absolute atomic E-state index is 9.49. The molecule has 1 atom stereocenters. The van der Waals surface area contributed by atoms with Crippen LogP contribution < -0.4 is 4.90 Å². The Bertz CT molecular complexity index is 920. The van der Waals surface area contributed by atoms with Gasteiger partial charge in [0.05, 0.1) is 30.3 Å². The molecule has 24 heavy (non-hydrogen) atoms. The molecule has 0 amide bonds. The van der Waals surface area contributed by atoms with E-state index in [2.05, 4.69) is 22.4 Å². The van der Waals surface area contributed by atoms with E-state index in [9.17, 15) is 5.26 Å². The van der Waals surface area contributed by atoms with Gasteiger partial charge >= 0.3 is 0 Å². The number of benzene rings is 1. The molecule has 0 spiro atoms. The molecule has 1 unspecified atom stereocenters. The van der Waals surface area contributed by atoms with Crippen molar-refractivity contribution >= 4 is 39.7 Å². The summed E-state index contributed by atoms with van der Waals surface area (Å²) >= 11 is 7.75. The monoisotopic (exact) mass is 355 g/mol. The van der Waals surface area contributed by atoms with E-state index in [1.165, 1.54) is 4.88 Å². The Morgan fingerprint density at radius 3 is 3.04 bits per heavy atom. The zero-order valence-corrected chi connectivity index (χ0v) is 14.3. The quantitative estimate of drug-likeness (QED) is 0.683. The molecule has 6 heteroatoms. The van der Waals surface area contributed by atoms with Crippen LogP contribution in [0.1, 0.15) is 16.5 Å². The fraction of sp³-hybridized carbons (Fsp3) is 0.222. The van der Waals surface area contributed by atoms with Crippen molar-refractivity contribution < 1.29 is 4.74 Å². The summed E-state index contributed by atoms with van der Waals surface area (Å²) in [5, 5.41) is 12.9. The van der Waals surface area contributed by atoms with Gasteiger partial charge in [-0.3, -0.25) is 0 Å². The molecular weight excluding hydrogens is 342 g/mol. The van der Waals surface area contributed by atoms with Crippen LogP contribution in [0.5, 0.6) is 0 Å². The number of pyridine rings is 1. The average molecular weight is 356 g/mol. The molecule has 1 aromatic carbocycles. The molecule has 4 rings (SSSR count). The summed E-state index contributed by atoms with van der Waals surface area (Å²) in [6, 6.07) is 13.7. The number of thiophene rings is 1. The highest BCUT2D eigenvalue weighted by Gasteiger charge is 2.24. The zero-order chi connectivity index (χ0) is 16.5. The molecule has 1 saturated heterocycles. The molecular formula is C18H14ClN3OS. The van der Waals surface area contributed by atoms with E-state index < -0.39 is 0 Å². The second-order valence-electron chi connectivity index (χ2n) is 5.62. The standard InChI is InChI=1S/C18H14ClN3OS/c19-13-3-4-15-14(9-13)12(10-20)8-18(21-15)22-5-6-23-16(11-22)17-2-1-7-24-17/h1-4,7-9,16H,5-6,11H2. The number of rotatable bonds is 2. The molecule has 0 N–H and O–H groups in total. The van der Waals surface area contributed by atoms with Gasteiger partial charge in [0.2, 0.25) is 0 Å². The Balaban J connectivity index is 1.71. The maximum Gasteiger partial charge on any atom is 0.130 e. The van der Waals surface area contributed by atoms with Gasteiger partial charge in [-0.15, -0.1) is 11.3 Å². The number of nitriles is 1. The van der Waals surface area contributed by atoms with E-state index in [-0.39, 0.29) is 6.10 Å². The van der Waals surface area contributed by atoms with Crippen molar-refractivity contribution in [1.29, 1.82) is 5.26 Å². The summed E-state index contributed by atoms with van der Waals surface area (Å²) in [4.78, 5) is 8.13. The lowest BCUT2D eigenvalue weighted by molar-refractivity contribution is 0.0419. The Hall–Kier alpha value is -2.13. The van der Waals surface area contributed by atoms with Crippen LogP contribution in [0.3, 0.4) is 0 Å². The molecule has 0 radical (unpaired) electrons. The minimum absolute atomic E-state index is 0.0481. The molecule has 1 fully saturated rings. The largest absolute Gasteiger partial charge is 0.369 e. The number of nitrogens with zero attached hydrogens (tertiary/aromatic N) is 3. The van der Waals surface area contributed by atoms with Crippen molar-refractivity contribution in [3.63, 3.8) is 0 Å². The number of ether oxygens (including phenoxy) is 1. The van der Waals surface area contributed by atoms with Gasteiger partial charge in [-0.25, -0.2) is 4.98 Å². The smallest absolute Gasteiger partial charge is 0.130 e. The minimum Gasteiger partial charge on any atom is -0.369 e. The lowest BCUT2D eigenvalue weighted by Gasteiger charge is -2.33. The number of halogens is 1. The number of hydrogen-bond donors (Lipinski definition) is 0. The van der Waals surface area contributed by atoms with Gasteiger partial charge in [-0.2, -0.15) is 5.26 Å². The van der Waals surface area contributed by atoms with Gasteiger partial charge < -0.3 is 9.64 Å². The van der Waals surface area contributed by atoms with Crippen molar-refractivity contribution in [3.8, 4) is 6.07 Å². The Morgan fingerprint density at radius 1 is 1.33 bits per heavy atom. The Labute approximate surface area is 148 Å². The van der Waals surface area contributed by atoms with Crippen LogP contribution >= 0.6 is 22.9 Å². The normalized spacial score (nSPS) is 17.8. The van der Waals surface area contributed by atoms with Crippen LogP contribution in [-0.2, 0) is 4.74 Å². The van der Waals surface area contributed by atoms with E-state index >= 15 is 0 Å². The SMILES string of the molecule is N#Cc1cc(N2CCOC(c3cccs3)C2)nc2ccc(Cl)cc12. The van der Waals surface area contributed by atoms with Gasteiger partial charge in [-0.1, -0.05) is 17.7 Å². The topological polar surface area (TPSA) is 49.2 Å². The zero-order valence-electron chi connectivity index (χ0n) is 12.8. The van der Waals surface area contributed by atoms with Crippen LogP contribution in [-0.4, -0.2) is 24.7 Å². The van der Waals surface area contributed by atoms with Crippen molar-refractivity contribution in [2.75, 3.05) is 24.6 Å². The molecule has 2 aromatic heterocycles. The first-order valence-corrected chi connectivity index (χ1v) is 8.91. The number of aromatic nitrogens is 1.